The highest BCUT2D eigenvalue weighted by atomic mass is 32.2. The molecule has 0 aliphatic rings. The van der Waals surface area contributed by atoms with Crippen LogP contribution in [0.5, 0.6) is 0 Å². The fraction of sp³-hybridized carbons (Fsp3) is 0.250. The van der Waals surface area contributed by atoms with Gasteiger partial charge in [-0.15, -0.1) is 11.8 Å². The Morgan fingerprint density at radius 3 is 2.44 bits per heavy atom. The first-order chi connectivity index (χ1) is 8.65. The Hall–Kier alpha value is -1.25. The fourth-order valence-corrected chi connectivity index (χ4v) is 2.65. The molecule has 0 aliphatic heterocycles. The second-order valence-corrected chi connectivity index (χ2v) is 5.57. The van der Waals surface area contributed by atoms with Crippen LogP contribution in [0.3, 0.4) is 0 Å². The standard InChI is InChI=1S/C16H18OS/c1-12-4-3-5-14(10-12)11-18-16-8-6-15(7-9-16)13(2)17/h3-10,13,17H,11H2,1-2H3/t13-/m0/s1. The van der Waals surface area contributed by atoms with Gasteiger partial charge >= 0.3 is 0 Å². The molecule has 0 amide bonds. The van der Waals surface area contributed by atoms with Gasteiger partial charge in [0, 0.05) is 10.6 Å². The van der Waals surface area contributed by atoms with E-state index in [4.69, 9.17) is 0 Å². The normalized spacial score (nSPS) is 12.4. The predicted molar refractivity (Wildman–Crippen MR) is 77.8 cm³/mol. The molecular formula is C16H18OS. The molecule has 0 bridgehead atoms. The van der Waals surface area contributed by atoms with Crippen molar-refractivity contribution in [3.63, 3.8) is 0 Å². The summed E-state index contributed by atoms with van der Waals surface area (Å²) in [5.41, 5.74) is 3.62. The van der Waals surface area contributed by atoms with Crippen LogP contribution in [0.25, 0.3) is 0 Å². The second kappa shape index (κ2) is 6.07. The van der Waals surface area contributed by atoms with Crippen molar-refractivity contribution in [1.29, 1.82) is 0 Å². The van der Waals surface area contributed by atoms with Gasteiger partial charge in [-0.3, -0.25) is 0 Å². The number of aliphatic hydroxyl groups is 1. The molecule has 94 valence electrons. The van der Waals surface area contributed by atoms with Gasteiger partial charge in [-0.1, -0.05) is 42.0 Å². The second-order valence-electron chi connectivity index (χ2n) is 4.52. The molecule has 0 aliphatic carbocycles. The highest BCUT2D eigenvalue weighted by molar-refractivity contribution is 7.98. The molecule has 1 atom stereocenters. The molecule has 0 fully saturated rings. The van der Waals surface area contributed by atoms with E-state index in [9.17, 15) is 5.11 Å². The summed E-state index contributed by atoms with van der Waals surface area (Å²) < 4.78 is 0. The molecule has 1 N–H and O–H groups in total. The van der Waals surface area contributed by atoms with Crippen molar-refractivity contribution in [2.75, 3.05) is 0 Å². The van der Waals surface area contributed by atoms with Crippen molar-refractivity contribution in [3.8, 4) is 0 Å². The van der Waals surface area contributed by atoms with E-state index in [1.54, 1.807) is 6.92 Å². The smallest absolute Gasteiger partial charge is 0.0761 e. The molecular weight excluding hydrogens is 240 g/mol. The summed E-state index contributed by atoms with van der Waals surface area (Å²) in [6.07, 6.45) is -0.388. The van der Waals surface area contributed by atoms with Crippen molar-refractivity contribution in [2.45, 2.75) is 30.6 Å². The SMILES string of the molecule is Cc1cccc(CSc2ccc([C@H](C)O)cc2)c1. The van der Waals surface area contributed by atoms with Crippen LogP contribution in [0, 0.1) is 6.92 Å². The van der Waals surface area contributed by atoms with Crippen LogP contribution in [0.2, 0.25) is 0 Å². The molecule has 0 spiro atoms. The van der Waals surface area contributed by atoms with E-state index < -0.39 is 0 Å². The average Bonchev–Trinajstić information content (AvgIpc) is 2.37. The van der Waals surface area contributed by atoms with Gasteiger partial charge in [-0.05, 0) is 37.1 Å². The van der Waals surface area contributed by atoms with Crippen LogP contribution in [0.1, 0.15) is 29.7 Å². The fourth-order valence-electron chi connectivity index (χ4n) is 1.81. The molecule has 2 aromatic carbocycles. The quantitative estimate of drug-likeness (QED) is 0.823. The Balaban J connectivity index is 1.98. The zero-order valence-corrected chi connectivity index (χ0v) is 11.6. The lowest BCUT2D eigenvalue weighted by Crippen LogP contribution is -1.89. The first kappa shape index (κ1) is 13.2. The van der Waals surface area contributed by atoms with Crippen molar-refractivity contribution in [1.82, 2.24) is 0 Å². The van der Waals surface area contributed by atoms with E-state index >= 15 is 0 Å². The van der Waals surface area contributed by atoms with Gasteiger partial charge in [0.2, 0.25) is 0 Å². The third kappa shape index (κ3) is 3.62. The van der Waals surface area contributed by atoms with Gasteiger partial charge in [-0.2, -0.15) is 0 Å². The maximum Gasteiger partial charge on any atom is 0.0761 e. The number of thioether (sulfide) groups is 1. The topological polar surface area (TPSA) is 20.2 Å². The molecule has 0 aromatic heterocycles. The highest BCUT2D eigenvalue weighted by Crippen LogP contribution is 2.24. The molecule has 18 heavy (non-hydrogen) atoms. The largest absolute Gasteiger partial charge is 0.389 e. The Bertz CT molecular complexity index is 503. The van der Waals surface area contributed by atoms with E-state index in [1.165, 1.54) is 16.0 Å². The number of hydrogen-bond acceptors (Lipinski definition) is 2. The summed E-state index contributed by atoms with van der Waals surface area (Å²) in [7, 11) is 0. The van der Waals surface area contributed by atoms with Crippen LogP contribution in [0.4, 0.5) is 0 Å². The van der Waals surface area contributed by atoms with Gasteiger partial charge < -0.3 is 5.11 Å². The number of benzene rings is 2. The van der Waals surface area contributed by atoms with Gasteiger partial charge in [0.05, 0.1) is 6.10 Å². The number of aryl methyl sites for hydroxylation is 1. The lowest BCUT2D eigenvalue weighted by molar-refractivity contribution is 0.199. The predicted octanol–water partition coefficient (Wildman–Crippen LogP) is 4.34. The summed E-state index contributed by atoms with van der Waals surface area (Å²) in [5.74, 6) is 0.982. The van der Waals surface area contributed by atoms with Crippen molar-refractivity contribution in [2.24, 2.45) is 0 Å². The number of rotatable bonds is 4. The molecule has 0 radical (unpaired) electrons. The van der Waals surface area contributed by atoms with Crippen LogP contribution < -0.4 is 0 Å². The maximum absolute atomic E-state index is 9.45. The number of aliphatic hydroxyl groups excluding tert-OH is 1. The van der Waals surface area contributed by atoms with Crippen molar-refractivity contribution < 1.29 is 5.11 Å². The first-order valence-electron chi connectivity index (χ1n) is 6.11. The summed E-state index contributed by atoms with van der Waals surface area (Å²) in [4.78, 5) is 1.24. The highest BCUT2D eigenvalue weighted by Gasteiger charge is 2.01. The van der Waals surface area contributed by atoms with E-state index in [2.05, 4.69) is 43.3 Å². The molecule has 0 saturated heterocycles. The number of hydrogen-bond donors (Lipinski definition) is 1. The molecule has 2 rings (SSSR count). The van der Waals surface area contributed by atoms with Crippen LogP contribution in [-0.2, 0) is 5.75 Å². The molecule has 1 nitrogen and oxygen atoms in total. The monoisotopic (exact) mass is 258 g/mol. The molecule has 0 saturated carbocycles. The van der Waals surface area contributed by atoms with E-state index in [0.29, 0.717) is 0 Å². The van der Waals surface area contributed by atoms with E-state index in [-0.39, 0.29) is 6.10 Å². The van der Waals surface area contributed by atoms with Crippen LogP contribution in [0.15, 0.2) is 53.4 Å². The van der Waals surface area contributed by atoms with Crippen molar-refractivity contribution >= 4 is 11.8 Å². The van der Waals surface area contributed by atoms with Gasteiger partial charge in [-0.25, -0.2) is 0 Å². The van der Waals surface area contributed by atoms with Gasteiger partial charge in [0.15, 0.2) is 0 Å². The van der Waals surface area contributed by atoms with Crippen LogP contribution in [-0.4, -0.2) is 5.11 Å². The van der Waals surface area contributed by atoms with Gasteiger partial charge in [0.1, 0.15) is 0 Å². The minimum atomic E-state index is -0.388. The third-order valence-corrected chi connectivity index (χ3v) is 3.93. The summed E-state index contributed by atoms with van der Waals surface area (Å²) in [6.45, 7) is 3.90. The zero-order chi connectivity index (χ0) is 13.0. The Labute approximate surface area is 113 Å². The zero-order valence-electron chi connectivity index (χ0n) is 10.8. The lowest BCUT2D eigenvalue weighted by atomic mass is 10.1. The molecule has 2 heteroatoms. The Morgan fingerprint density at radius 2 is 1.83 bits per heavy atom. The molecule has 2 aromatic rings. The first-order valence-corrected chi connectivity index (χ1v) is 7.10. The molecule has 0 heterocycles. The summed E-state index contributed by atoms with van der Waals surface area (Å²) in [6, 6.07) is 16.7. The molecule has 0 unspecified atom stereocenters. The Morgan fingerprint density at radius 1 is 1.11 bits per heavy atom. The van der Waals surface area contributed by atoms with Gasteiger partial charge in [0.25, 0.3) is 0 Å². The summed E-state index contributed by atoms with van der Waals surface area (Å²) >= 11 is 1.82. The Kier molecular flexibility index (Phi) is 4.45. The summed E-state index contributed by atoms with van der Waals surface area (Å²) in [5, 5.41) is 9.45. The third-order valence-electron chi connectivity index (χ3n) is 2.85. The van der Waals surface area contributed by atoms with E-state index in [1.807, 2.05) is 23.9 Å². The van der Waals surface area contributed by atoms with Crippen LogP contribution >= 0.6 is 11.8 Å². The average molecular weight is 258 g/mol. The minimum Gasteiger partial charge on any atom is -0.389 e. The maximum atomic E-state index is 9.45. The van der Waals surface area contributed by atoms with Crippen molar-refractivity contribution in [3.05, 3.63) is 65.2 Å². The van der Waals surface area contributed by atoms with E-state index in [0.717, 1.165) is 11.3 Å². The minimum absolute atomic E-state index is 0.388. The lowest BCUT2D eigenvalue weighted by Gasteiger charge is -2.06.